The lowest BCUT2D eigenvalue weighted by Crippen LogP contribution is -2.29. The zero-order valence-electron chi connectivity index (χ0n) is 19.3. The molecule has 8 nitrogen and oxygen atoms in total. The standard InChI is InChI=1S/C27H25N7O/c1-3-22(35)16-18-9-7-10-19(15-18)24-23-25(28-2)32-33-26(23)31-27(30-24)29-20-11-8-12-21(17-20)34-13-5-4-6-14-34/h3,7-12,15,17H,1,4-6,13-14,16H2,(H2,29,30,31,32,33). The molecule has 35 heavy (non-hydrogen) atoms. The van der Waals surface area contributed by atoms with Crippen LogP contribution in [0.15, 0.2) is 61.2 Å². The number of piperidine rings is 1. The lowest BCUT2D eigenvalue weighted by Gasteiger charge is -2.29. The zero-order valence-corrected chi connectivity index (χ0v) is 19.3. The summed E-state index contributed by atoms with van der Waals surface area (Å²) in [6, 6.07) is 15.8. The van der Waals surface area contributed by atoms with Gasteiger partial charge in [0.05, 0.1) is 11.1 Å². The van der Waals surface area contributed by atoms with Gasteiger partial charge in [-0.15, -0.1) is 0 Å². The van der Waals surface area contributed by atoms with E-state index in [0.29, 0.717) is 22.7 Å². The molecule has 0 bridgehead atoms. The van der Waals surface area contributed by atoms with Crippen molar-refractivity contribution in [2.45, 2.75) is 25.7 Å². The molecule has 174 valence electrons. The molecule has 8 heteroatoms. The monoisotopic (exact) mass is 463 g/mol. The van der Waals surface area contributed by atoms with Crippen molar-refractivity contribution in [3.05, 3.63) is 78.2 Å². The van der Waals surface area contributed by atoms with E-state index in [-0.39, 0.29) is 18.0 Å². The first-order valence-electron chi connectivity index (χ1n) is 11.6. The summed E-state index contributed by atoms with van der Waals surface area (Å²) in [6.07, 6.45) is 5.27. The third-order valence-electron chi connectivity index (χ3n) is 6.14. The molecule has 1 aliphatic rings. The number of anilines is 3. The van der Waals surface area contributed by atoms with E-state index in [9.17, 15) is 4.79 Å². The van der Waals surface area contributed by atoms with E-state index in [1.165, 1.54) is 31.0 Å². The number of ketones is 1. The van der Waals surface area contributed by atoms with E-state index < -0.39 is 0 Å². The number of allylic oxidation sites excluding steroid dienone is 1. The number of rotatable bonds is 7. The number of aromatic amines is 1. The SMILES string of the molecule is [C-]#[N+]c1[nH]nc2nc(Nc3cccc(N4CCCCC4)c3)nc(-c3cccc(CC(=O)C=C)c3)c12. The van der Waals surface area contributed by atoms with Crippen LogP contribution in [0.25, 0.3) is 27.1 Å². The molecule has 0 aliphatic carbocycles. The van der Waals surface area contributed by atoms with E-state index in [2.05, 4.69) is 49.0 Å². The summed E-state index contributed by atoms with van der Waals surface area (Å²) in [5, 5.41) is 10.9. The molecule has 0 radical (unpaired) electrons. The second-order valence-corrected chi connectivity index (χ2v) is 8.55. The average Bonchev–Trinajstić information content (AvgIpc) is 3.32. The molecule has 3 heterocycles. The second kappa shape index (κ2) is 9.77. The minimum absolute atomic E-state index is 0.0592. The fraction of sp³-hybridized carbons (Fsp3) is 0.222. The van der Waals surface area contributed by atoms with E-state index in [4.69, 9.17) is 11.6 Å². The molecule has 2 N–H and O–H groups in total. The van der Waals surface area contributed by atoms with Crippen LogP contribution in [0.5, 0.6) is 0 Å². The van der Waals surface area contributed by atoms with Crippen LogP contribution in [-0.4, -0.2) is 39.0 Å². The first-order valence-corrected chi connectivity index (χ1v) is 11.6. The number of H-pyrrole nitrogens is 1. The molecule has 1 fully saturated rings. The topological polar surface area (TPSA) is 91.2 Å². The Bertz CT molecular complexity index is 1440. The Morgan fingerprint density at radius 2 is 1.97 bits per heavy atom. The van der Waals surface area contributed by atoms with Gasteiger partial charge < -0.3 is 15.1 Å². The molecule has 1 aliphatic heterocycles. The Balaban J connectivity index is 1.53. The molecule has 0 atom stereocenters. The fourth-order valence-electron chi connectivity index (χ4n) is 4.42. The van der Waals surface area contributed by atoms with Gasteiger partial charge >= 0.3 is 0 Å². The summed E-state index contributed by atoms with van der Waals surface area (Å²) >= 11 is 0. The molecule has 0 amide bonds. The molecule has 0 saturated carbocycles. The van der Waals surface area contributed by atoms with Gasteiger partial charge in [-0.3, -0.25) is 4.79 Å². The molecule has 0 unspecified atom stereocenters. The number of carbonyl (C=O) groups excluding carboxylic acids is 1. The third kappa shape index (κ3) is 4.75. The predicted molar refractivity (Wildman–Crippen MR) is 138 cm³/mol. The molecule has 1 saturated heterocycles. The largest absolute Gasteiger partial charge is 0.371 e. The van der Waals surface area contributed by atoms with Gasteiger partial charge in [-0.05, 0) is 55.2 Å². The van der Waals surface area contributed by atoms with Crippen molar-refractivity contribution in [2.75, 3.05) is 23.3 Å². The van der Waals surface area contributed by atoms with E-state index >= 15 is 0 Å². The first kappa shape index (κ1) is 22.3. The van der Waals surface area contributed by atoms with Gasteiger partial charge in [0.2, 0.25) is 5.95 Å². The summed E-state index contributed by atoms with van der Waals surface area (Å²) in [5.74, 6) is 0.608. The number of aromatic nitrogens is 4. The van der Waals surface area contributed by atoms with Gasteiger partial charge in [-0.2, -0.15) is 4.98 Å². The van der Waals surface area contributed by atoms with Crippen LogP contribution in [0, 0.1) is 6.57 Å². The maximum atomic E-state index is 11.9. The Morgan fingerprint density at radius 1 is 1.14 bits per heavy atom. The first-order chi connectivity index (χ1) is 17.1. The highest BCUT2D eigenvalue weighted by molar-refractivity contribution is 6.00. The number of hydrogen-bond donors (Lipinski definition) is 2. The molecule has 0 spiro atoms. The Kier molecular flexibility index (Phi) is 6.22. The van der Waals surface area contributed by atoms with Crippen LogP contribution in [0.4, 0.5) is 23.1 Å². The molecular weight excluding hydrogens is 438 g/mol. The van der Waals surface area contributed by atoms with E-state index in [1.54, 1.807) is 0 Å². The van der Waals surface area contributed by atoms with Gasteiger partial charge in [0.25, 0.3) is 5.82 Å². The number of nitrogens with zero attached hydrogens (tertiary/aromatic N) is 5. The highest BCUT2D eigenvalue weighted by atomic mass is 16.1. The second-order valence-electron chi connectivity index (χ2n) is 8.55. The normalized spacial score (nSPS) is 13.4. The van der Waals surface area contributed by atoms with Gasteiger partial charge in [0, 0.05) is 36.4 Å². The van der Waals surface area contributed by atoms with Crippen LogP contribution in [0.2, 0.25) is 0 Å². The zero-order chi connectivity index (χ0) is 24.2. The molecular formula is C27H25N7O. The van der Waals surface area contributed by atoms with Crippen molar-refractivity contribution in [3.63, 3.8) is 0 Å². The third-order valence-corrected chi connectivity index (χ3v) is 6.14. The van der Waals surface area contributed by atoms with Gasteiger partial charge in [0.1, 0.15) is 0 Å². The highest BCUT2D eigenvalue weighted by Gasteiger charge is 2.18. The van der Waals surface area contributed by atoms with Crippen molar-refractivity contribution in [1.82, 2.24) is 20.2 Å². The maximum Gasteiger partial charge on any atom is 0.261 e. The molecule has 5 rings (SSSR count). The minimum Gasteiger partial charge on any atom is -0.371 e. The van der Waals surface area contributed by atoms with Gasteiger partial charge in [-0.1, -0.05) is 42.5 Å². The van der Waals surface area contributed by atoms with Crippen molar-refractivity contribution < 1.29 is 4.79 Å². The van der Waals surface area contributed by atoms with Crippen molar-refractivity contribution in [3.8, 4) is 11.3 Å². The smallest absolute Gasteiger partial charge is 0.261 e. The number of fused-ring (bicyclic) bond motifs is 1. The van der Waals surface area contributed by atoms with Crippen LogP contribution < -0.4 is 10.2 Å². The minimum atomic E-state index is -0.0592. The maximum absolute atomic E-state index is 11.9. The van der Waals surface area contributed by atoms with E-state index in [1.807, 2.05) is 36.4 Å². The van der Waals surface area contributed by atoms with E-state index in [0.717, 1.165) is 29.9 Å². The Labute approximate surface area is 203 Å². The van der Waals surface area contributed by atoms with Crippen LogP contribution in [-0.2, 0) is 11.2 Å². The van der Waals surface area contributed by atoms with Gasteiger partial charge in [0.15, 0.2) is 11.4 Å². The van der Waals surface area contributed by atoms with Crippen molar-refractivity contribution >= 4 is 40.0 Å². The van der Waals surface area contributed by atoms with Crippen molar-refractivity contribution in [1.29, 1.82) is 0 Å². The van der Waals surface area contributed by atoms with Gasteiger partial charge in [-0.25, -0.2) is 10.1 Å². The number of hydrogen-bond acceptors (Lipinski definition) is 6. The quantitative estimate of drug-likeness (QED) is 0.274. The predicted octanol–water partition coefficient (Wildman–Crippen LogP) is 5.60. The van der Waals surface area contributed by atoms with Crippen LogP contribution in [0.1, 0.15) is 24.8 Å². The Hall–Kier alpha value is -4.51. The lowest BCUT2D eigenvalue weighted by molar-refractivity contribution is -0.114. The van der Waals surface area contributed by atoms with Crippen molar-refractivity contribution in [2.24, 2.45) is 0 Å². The summed E-state index contributed by atoms with van der Waals surface area (Å²) in [6.45, 7) is 13.2. The lowest BCUT2D eigenvalue weighted by atomic mass is 10.0. The highest BCUT2D eigenvalue weighted by Crippen LogP contribution is 2.34. The summed E-state index contributed by atoms with van der Waals surface area (Å²) in [4.78, 5) is 27.2. The molecule has 4 aromatic rings. The number of nitrogens with one attached hydrogen (secondary N) is 2. The fourth-order valence-corrected chi connectivity index (χ4v) is 4.42. The summed E-state index contributed by atoms with van der Waals surface area (Å²) in [5.41, 5.74) is 4.66. The number of carbonyl (C=O) groups is 1. The number of benzene rings is 2. The summed E-state index contributed by atoms with van der Waals surface area (Å²) < 4.78 is 0. The average molecular weight is 464 g/mol. The molecule has 2 aromatic carbocycles. The van der Waals surface area contributed by atoms with Crippen LogP contribution >= 0.6 is 0 Å². The summed E-state index contributed by atoms with van der Waals surface area (Å²) in [7, 11) is 0. The molecule has 2 aromatic heterocycles. The Morgan fingerprint density at radius 3 is 2.77 bits per heavy atom. The van der Waals surface area contributed by atoms with Crippen LogP contribution in [0.3, 0.4) is 0 Å².